The van der Waals surface area contributed by atoms with E-state index in [9.17, 15) is 0 Å². The summed E-state index contributed by atoms with van der Waals surface area (Å²) in [5, 5.41) is 3.47. The van der Waals surface area contributed by atoms with Crippen LogP contribution in [0.15, 0.2) is 29.3 Å². The van der Waals surface area contributed by atoms with Crippen molar-refractivity contribution >= 4 is 5.84 Å². The normalized spacial score (nSPS) is 17.3. The van der Waals surface area contributed by atoms with E-state index in [-0.39, 0.29) is 6.04 Å². The SMILES string of the molecule is Cc1ccc(OCC(C)NC2=NCCCCC2)cc1. The van der Waals surface area contributed by atoms with Crippen molar-refractivity contribution in [3.8, 4) is 5.75 Å². The van der Waals surface area contributed by atoms with Crippen LogP contribution in [0.3, 0.4) is 0 Å². The Morgan fingerprint density at radius 1 is 1.21 bits per heavy atom. The van der Waals surface area contributed by atoms with Crippen LogP contribution in [0.5, 0.6) is 5.75 Å². The zero-order valence-corrected chi connectivity index (χ0v) is 12.0. The van der Waals surface area contributed by atoms with Crippen molar-refractivity contribution in [1.82, 2.24) is 5.32 Å². The van der Waals surface area contributed by atoms with Gasteiger partial charge in [0.25, 0.3) is 0 Å². The molecule has 0 radical (unpaired) electrons. The number of amidine groups is 1. The first-order valence-electron chi connectivity index (χ1n) is 7.23. The van der Waals surface area contributed by atoms with E-state index >= 15 is 0 Å². The molecule has 0 fully saturated rings. The fourth-order valence-corrected chi connectivity index (χ4v) is 2.17. The molecular formula is C16H24N2O. The molecule has 1 heterocycles. The van der Waals surface area contributed by atoms with E-state index < -0.39 is 0 Å². The predicted octanol–water partition coefficient (Wildman–Crippen LogP) is 3.32. The van der Waals surface area contributed by atoms with Crippen molar-refractivity contribution in [3.63, 3.8) is 0 Å². The molecule has 0 saturated heterocycles. The van der Waals surface area contributed by atoms with Gasteiger partial charge in [0.15, 0.2) is 0 Å². The molecule has 104 valence electrons. The van der Waals surface area contributed by atoms with Gasteiger partial charge in [0.1, 0.15) is 12.4 Å². The van der Waals surface area contributed by atoms with Gasteiger partial charge in [-0.3, -0.25) is 4.99 Å². The second kappa shape index (κ2) is 7.17. The van der Waals surface area contributed by atoms with Gasteiger partial charge in [-0.25, -0.2) is 0 Å². The highest BCUT2D eigenvalue weighted by Gasteiger charge is 2.08. The molecule has 0 saturated carbocycles. The maximum absolute atomic E-state index is 5.78. The standard InChI is InChI=1S/C16H24N2O/c1-13-7-9-15(10-8-13)19-12-14(2)18-16-6-4-3-5-11-17-16/h7-10,14H,3-6,11-12H2,1-2H3,(H,17,18). The average molecular weight is 260 g/mol. The third-order valence-electron chi connectivity index (χ3n) is 3.31. The van der Waals surface area contributed by atoms with Gasteiger partial charge in [-0.05, 0) is 38.8 Å². The molecule has 19 heavy (non-hydrogen) atoms. The lowest BCUT2D eigenvalue weighted by molar-refractivity contribution is 0.286. The Kier molecular flexibility index (Phi) is 5.25. The number of hydrogen-bond donors (Lipinski definition) is 1. The number of nitrogens with one attached hydrogen (secondary N) is 1. The first-order valence-corrected chi connectivity index (χ1v) is 7.23. The number of aliphatic imine (C=N–C) groups is 1. The summed E-state index contributed by atoms with van der Waals surface area (Å²) in [5.41, 5.74) is 1.26. The zero-order valence-electron chi connectivity index (χ0n) is 12.0. The summed E-state index contributed by atoms with van der Waals surface area (Å²) in [5.74, 6) is 2.08. The lowest BCUT2D eigenvalue weighted by Gasteiger charge is -2.17. The van der Waals surface area contributed by atoms with Gasteiger partial charge in [0.05, 0.1) is 11.9 Å². The van der Waals surface area contributed by atoms with Crippen LogP contribution in [-0.2, 0) is 0 Å². The third kappa shape index (κ3) is 4.93. The smallest absolute Gasteiger partial charge is 0.119 e. The highest BCUT2D eigenvalue weighted by atomic mass is 16.5. The van der Waals surface area contributed by atoms with E-state index in [4.69, 9.17) is 4.74 Å². The second-order valence-corrected chi connectivity index (χ2v) is 5.31. The van der Waals surface area contributed by atoms with Crippen molar-refractivity contribution < 1.29 is 4.74 Å². The van der Waals surface area contributed by atoms with Crippen molar-refractivity contribution in [1.29, 1.82) is 0 Å². The first-order chi connectivity index (χ1) is 9.24. The average Bonchev–Trinajstić information content (AvgIpc) is 2.67. The Balaban J connectivity index is 1.76. The highest BCUT2D eigenvalue weighted by Crippen LogP contribution is 2.12. The molecule has 1 unspecified atom stereocenters. The fourth-order valence-electron chi connectivity index (χ4n) is 2.17. The Morgan fingerprint density at radius 2 is 2.00 bits per heavy atom. The van der Waals surface area contributed by atoms with Crippen LogP contribution in [0.4, 0.5) is 0 Å². The van der Waals surface area contributed by atoms with E-state index in [2.05, 4.69) is 36.3 Å². The van der Waals surface area contributed by atoms with Crippen molar-refractivity contribution in [2.75, 3.05) is 13.2 Å². The van der Waals surface area contributed by atoms with Crippen LogP contribution >= 0.6 is 0 Å². The van der Waals surface area contributed by atoms with Crippen LogP contribution in [0, 0.1) is 6.92 Å². The van der Waals surface area contributed by atoms with Gasteiger partial charge >= 0.3 is 0 Å². The van der Waals surface area contributed by atoms with Gasteiger partial charge in [0.2, 0.25) is 0 Å². The summed E-state index contributed by atoms with van der Waals surface area (Å²) < 4.78 is 5.78. The highest BCUT2D eigenvalue weighted by molar-refractivity contribution is 5.82. The molecule has 3 heteroatoms. The minimum Gasteiger partial charge on any atom is -0.491 e. The molecule has 1 aliphatic rings. The van der Waals surface area contributed by atoms with E-state index in [0.717, 1.165) is 24.6 Å². The lowest BCUT2D eigenvalue weighted by Crippen LogP contribution is -2.36. The number of ether oxygens (including phenoxy) is 1. The van der Waals surface area contributed by atoms with Crippen molar-refractivity contribution in [2.45, 2.75) is 45.6 Å². The van der Waals surface area contributed by atoms with E-state index in [0.29, 0.717) is 6.61 Å². The summed E-state index contributed by atoms with van der Waals surface area (Å²) in [6.07, 6.45) is 4.84. The van der Waals surface area contributed by atoms with Crippen LogP contribution in [-0.4, -0.2) is 25.0 Å². The molecule has 0 bridgehead atoms. The lowest BCUT2D eigenvalue weighted by atomic mass is 10.2. The summed E-state index contributed by atoms with van der Waals surface area (Å²) in [6.45, 7) is 5.86. The number of rotatable bonds is 4. The third-order valence-corrected chi connectivity index (χ3v) is 3.31. The van der Waals surface area contributed by atoms with Crippen LogP contribution in [0.1, 0.15) is 38.2 Å². The molecular weight excluding hydrogens is 236 g/mol. The number of aryl methyl sites for hydroxylation is 1. The van der Waals surface area contributed by atoms with Crippen LogP contribution in [0.2, 0.25) is 0 Å². The molecule has 0 aliphatic carbocycles. The minimum absolute atomic E-state index is 0.290. The molecule has 2 rings (SSSR count). The van der Waals surface area contributed by atoms with Crippen molar-refractivity contribution in [3.05, 3.63) is 29.8 Å². The van der Waals surface area contributed by atoms with E-state index in [1.807, 2.05) is 12.1 Å². The Labute approximate surface area is 116 Å². The molecule has 0 amide bonds. The second-order valence-electron chi connectivity index (χ2n) is 5.31. The molecule has 1 atom stereocenters. The van der Waals surface area contributed by atoms with E-state index in [1.165, 1.54) is 24.8 Å². The maximum Gasteiger partial charge on any atom is 0.119 e. The van der Waals surface area contributed by atoms with Crippen LogP contribution < -0.4 is 10.1 Å². The van der Waals surface area contributed by atoms with Gasteiger partial charge in [-0.2, -0.15) is 0 Å². The number of benzene rings is 1. The summed E-state index contributed by atoms with van der Waals surface area (Å²) in [7, 11) is 0. The maximum atomic E-state index is 5.78. The fraction of sp³-hybridized carbons (Fsp3) is 0.562. The van der Waals surface area contributed by atoms with Gasteiger partial charge in [0, 0.05) is 13.0 Å². The van der Waals surface area contributed by atoms with Crippen LogP contribution in [0.25, 0.3) is 0 Å². The monoisotopic (exact) mass is 260 g/mol. The first kappa shape index (κ1) is 13.9. The van der Waals surface area contributed by atoms with Crippen molar-refractivity contribution in [2.24, 2.45) is 4.99 Å². The topological polar surface area (TPSA) is 33.6 Å². The molecule has 1 N–H and O–H groups in total. The van der Waals surface area contributed by atoms with Gasteiger partial charge in [-0.15, -0.1) is 0 Å². The quantitative estimate of drug-likeness (QED) is 0.901. The number of hydrogen-bond acceptors (Lipinski definition) is 3. The Hall–Kier alpha value is -1.51. The largest absolute Gasteiger partial charge is 0.491 e. The molecule has 0 aromatic heterocycles. The molecule has 3 nitrogen and oxygen atoms in total. The van der Waals surface area contributed by atoms with Gasteiger partial charge < -0.3 is 10.1 Å². The zero-order chi connectivity index (χ0) is 13.5. The predicted molar refractivity (Wildman–Crippen MR) is 80.0 cm³/mol. The summed E-state index contributed by atoms with van der Waals surface area (Å²) >= 11 is 0. The Bertz CT molecular complexity index is 411. The van der Waals surface area contributed by atoms with E-state index in [1.54, 1.807) is 0 Å². The molecule has 1 aromatic rings. The summed E-state index contributed by atoms with van der Waals surface area (Å²) in [6, 6.07) is 8.47. The van der Waals surface area contributed by atoms with Gasteiger partial charge in [-0.1, -0.05) is 24.1 Å². The number of nitrogens with zero attached hydrogens (tertiary/aromatic N) is 1. The molecule has 1 aliphatic heterocycles. The minimum atomic E-state index is 0.290. The molecule has 1 aromatic carbocycles. The molecule has 0 spiro atoms. The summed E-state index contributed by atoms with van der Waals surface area (Å²) in [4.78, 5) is 4.58. The Morgan fingerprint density at radius 3 is 2.79 bits per heavy atom.